The van der Waals surface area contributed by atoms with Crippen molar-refractivity contribution in [2.24, 2.45) is 0 Å². The van der Waals surface area contributed by atoms with Crippen LogP contribution >= 0.6 is 27.3 Å². The highest BCUT2D eigenvalue weighted by atomic mass is 79.9. The summed E-state index contributed by atoms with van der Waals surface area (Å²) in [4.78, 5) is 0. The molecule has 0 unspecified atom stereocenters. The summed E-state index contributed by atoms with van der Waals surface area (Å²) < 4.78 is 14.7. The van der Waals surface area contributed by atoms with Gasteiger partial charge in [0, 0.05) is 9.17 Å². The van der Waals surface area contributed by atoms with Crippen LogP contribution in [0.15, 0.2) is 28.1 Å². The van der Waals surface area contributed by atoms with Crippen LogP contribution in [0.5, 0.6) is 0 Å². The quantitative estimate of drug-likeness (QED) is 0.646. The van der Waals surface area contributed by atoms with Crippen molar-refractivity contribution >= 4 is 37.4 Å². The van der Waals surface area contributed by atoms with Gasteiger partial charge in [-0.15, -0.1) is 11.3 Å². The molecule has 0 nitrogen and oxygen atoms in total. The van der Waals surface area contributed by atoms with Gasteiger partial charge in [-0.05, 0) is 44.9 Å². The Morgan fingerprint density at radius 2 is 2.18 bits per heavy atom. The summed E-state index contributed by atoms with van der Waals surface area (Å²) in [5.41, 5.74) is 0. The van der Waals surface area contributed by atoms with Crippen molar-refractivity contribution in [1.29, 1.82) is 0 Å². The molecule has 0 saturated heterocycles. The van der Waals surface area contributed by atoms with E-state index in [-0.39, 0.29) is 5.82 Å². The third-order valence-electron chi connectivity index (χ3n) is 1.47. The first-order chi connectivity index (χ1) is 5.27. The third-order valence-corrected chi connectivity index (χ3v) is 3.32. The molecule has 56 valence electrons. The molecule has 0 amide bonds. The second-order valence-electron chi connectivity index (χ2n) is 2.23. The molecule has 0 aliphatic carbocycles. The molecule has 2 rings (SSSR count). The fourth-order valence-electron chi connectivity index (χ4n) is 1.00. The average Bonchev–Trinajstić information content (AvgIpc) is 2.34. The molecule has 1 aromatic heterocycles. The van der Waals surface area contributed by atoms with Gasteiger partial charge in [-0.3, -0.25) is 0 Å². The fourth-order valence-corrected chi connectivity index (χ4v) is 2.52. The van der Waals surface area contributed by atoms with Crippen LogP contribution in [0.2, 0.25) is 0 Å². The van der Waals surface area contributed by atoms with Crippen molar-refractivity contribution in [3.63, 3.8) is 0 Å². The average molecular weight is 231 g/mol. The van der Waals surface area contributed by atoms with Crippen molar-refractivity contribution in [1.82, 2.24) is 0 Å². The number of benzene rings is 1. The van der Waals surface area contributed by atoms with E-state index in [4.69, 9.17) is 0 Å². The lowest BCUT2D eigenvalue weighted by atomic mass is 10.3. The van der Waals surface area contributed by atoms with E-state index in [0.29, 0.717) is 0 Å². The molecule has 1 aromatic carbocycles. The molecule has 0 aliphatic heterocycles. The van der Waals surface area contributed by atoms with E-state index in [9.17, 15) is 4.39 Å². The van der Waals surface area contributed by atoms with Crippen molar-refractivity contribution in [3.8, 4) is 0 Å². The maximum atomic E-state index is 12.7. The minimum Gasteiger partial charge on any atom is -0.207 e. The first-order valence-corrected chi connectivity index (χ1v) is 4.77. The maximum absolute atomic E-state index is 12.7. The largest absolute Gasteiger partial charge is 0.207 e. The molecule has 0 fully saturated rings. The first-order valence-electron chi connectivity index (χ1n) is 3.09. The molecule has 0 saturated carbocycles. The Balaban J connectivity index is 2.91. The number of hydrogen-bond acceptors (Lipinski definition) is 1. The molecular formula is C8H4BrFS. The third kappa shape index (κ3) is 1.19. The Bertz CT molecular complexity index is 394. The second-order valence-corrected chi connectivity index (χ2v) is 4.00. The molecule has 0 radical (unpaired) electrons. The van der Waals surface area contributed by atoms with Gasteiger partial charge in [0.15, 0.2) is 0 Å². The lowest BCUT2D eigenvalue weighted by Gasteiger charge is -1.93. The summed E-state index contributed by atoms with van der Waals surface area (Å²) in [7, 11) is 0. The highest BCUT2D eigenvalue weighted by Gasteiger charge is 2.01. The van der Waals surface area contributed by atoms with Crippen molar-refractivity contribution in [2.45, 2.75) is 0 Å². The second kappa shape index (κ2) is 2.57. The smallest absolute Gasteiger partial charge is 0.125 e. The summed E-state index contributed by atoms with van der Waals surface area (Å²) in [6.45, 7) is 0. The molecule has 0 N–H and O–H groups in total. The summed E-state index contributed by atoms with van der Waals surface area (Å²) in [5.74, 6) is -0.192. The number of fused-ring (bicyclic) bond motifs is 1. The van der Waals surface area contributed by atoms with Gasteiger partial charge in [0.1, 0.15) is 5.82 Å². The standard InChI is InChI=1S/C8H4BrFS/c9-7-4-6(10)3-5-1-2-11-8(5)7/h1-4H. The topological polar surface area (TPSA) is 0 Å². The Labute approximate surface area is 75.8 Å². The molecular weight excluding hydrogens is 227 g/mol. The minimum absolute atomic E-state index is 0.192. The van der Waals surface area contributed by atoms with Crippen LogP contribution in [-0.2, 0) is 0 Å². The van der Waals surface area contributed by atoms with Crippen molar-refractivity contribution in [2.75, 3.05) is 0 Å². The maximum Gasteiger partial charge on any atom is 0.125 e. The summed E-state index contributed by atoms with van der Waals surface area (Å²) in [6, 6.07) is 4.93. The van der Waals surface area contributed by atoms with E-state index in [1.807, 2.05) is 11.4 Å². The number of halogens is 2. The predicted molar refractivity (Wildman–Crippen MR) is 49.5 cm³/mol. The van der Waals surface area contributed by atoms with Gasteiger partial charge in [-0.25, -0.2) is 4.39 Å². The fraction of sp³-hybridized carbons (Fsp3) is 0. The Kier molecular flexibility index (Phi) is 1.69. The van der Waals surface area contributed by atoms with Gasteiger partial charge in [-0.2, -0.15) is 0 Å². The van der Waals surface area contributed by atoms with E-state index in [2.05, 4.69) is 15.9 Å². The number of rotatable bonds is 0. The molecule has 0 aliphatic rings. The van der Waals surface area contributed by atoms with E-state index >= 15 is 0 Å². The van der Waals surface area contributed by atoms with Crippen LogP contribution in [-0.4, -0.2) is 0 Å². The molecule has 0 bridgehead atoms. The lowest BCUT2D eigenvalue weighted by Crippen LogP contribution is -1.72. The van der Waals surface area contributed by atoms with Crippen LogP contribution in [0.1, 0.15) is 0 Å². The minimum atomic E-state index is -0.192. The monoisotopic (exact) mass is 230 g/mol. The van der Waals surface area contributed by atoms with E-state index in [1.54, 1.807) is 11.3 Å². The molecule has 3 heteroatoms. The lowest BCUT2D eigenvalue weighted by molar-refractivity contribution is 0.629. The molecule has 0 atom stereocenters. The number of hydrogen-bond donors (Lipinski definition) is 0. The van der Waals surface area contributed by atoms with Gasteiger partial charge >= 0.3 is 0 Å². The highest BCUT2D eigenvalue weighted by molar-refractivity contribution is 9.10. The van der Waals surface area contributed by atoms with Gasteiger partial charge < -0.3 is 0 Å². The highest BCUT2D eigenvalue weighted by Crippen LogP contribution is 2.29. The molecule has 0 spiro atoms. The molecule has 11 heavy (non-hydrogen) atoms. The summed E-state index contributed by atoms with van der Waals surface area (Å²) in [6.07, 6.45) is 0. The zero-order valence-corrected chi connectivity index (χ0v) is 7.88. The SMILES string of the molecule is Fc1cc(Br)c2sccc2c1. The Hall–Kier alpha value is -0.410. The van der Waals surface area contributed by atoms with Crippen LogP contribution < -0.4 is 0 Å². The predicted octanol–water partition coefficient (Wildman–Crippen LogP) is 3.80. The Morgan fingerprint density at radius 1 is 1.36 bits per heavy atom. The van der Waals surface area contributed by atoms with E-state index in [0.717, 1.165) is 14.6 Å². The molecule has 1 heterocycles. The van der Waals surface area contributed by atoms with Crippen LogP contribution in [0.4, 0.5) is 4.39 Å². The van der Waals surface area contributed by atoms with Gasteiger partial charge in [0.2, 0.25) is 0 Å². The van der Waals surface area contributed by atoms with Crippen LogP contribution in [0.3, 0.4) is 0 Å². The Morgan fingerprint density at radius 3 is 3.00 bits per heavy atom. The van der Waals surface area contributed by atoms with Crippen molar-refractivity contribution < 1.29 is 4.39 Å². The van der Waals surface area contributed by atoms with Crippen molar-refractivity contribution in [3.05, 3.63) is 33.9 Å². The number of thiophene rings is 1. The van der Waals surface area contributed by atoms with Gasteiger partial charge in [0.25, 0.3) is 0 Å². The first kappa shape index (κ1) is 7.25. The molecule has 2 aromatic rings. The van der Waals surface area contributed by atoms with Gasteiger partial charge in [0.05, 0.1) is 0 Å². The van der Waals surface area contributed by atoms with Crippen LogP contribution in [0, 0.1) is 5.82 Å². The van der Waals surface area contributed by atoms with Crippen LogP contribution in [0.25, 0.3) is 10.1 Å². The normalized spacial score (nSPS) is 10.7. The summed E-state index contributed by atoms with van der Waals surface area (Å²) in [5, 5.41) is 2.91. The van der Waals surface area contributed by atoms with E-state index < -0.39 is 0 Å². The van der Waals surface area contributed by atoms with E-state index in [1.165, 1.54) is 12.1 Å². The zero-order chi connectivity index (χ0) is 7.84. The summed E-state index contributed by atoms with van der Waals surface area (Å²) >= 11 is 4.91. The zero-order valence-electron chi connectivity index (χ0n) is 5.47. The van der Waals surface area contributed by atoms with Gasteiger partial charge in [-0.1, -0.05) is 0 Å².